The summed E-state index contributed by atoms with van der Waals surface area (Å²) in [5.41, 5.74) is 6.02. The summed E-state index contributed by atoms with van der Waals surface area (Å²) in [7, 11) is -3.48. The van der Waals surface area contributed by atoms with E-state index >= 15 is 0 Å². The molecule has 0 radical (unpaired) electrons. The largest absolute Gasteiger partial charge is 0.465 e. The zero-order valence-corrected chi connectivity index (χ0v) is 13.5. The van der Waals surface area contributed by atoms with Gasteiger partial charge in [-0.15, -0.1) is 0 Å². The molecule has 1 aromatic rings. The first-order valence-electron chi connectivity index (χ1n) is 7.01. The van der Waals surface area contributed by atoms with Crippen molar-refractivity contribution >= 4 is 27.5 Å². The maximum atomic E-state index is 12.5. The van der Waals surface area contributed by atoms with Crippen molar-refractivity contribution in [2.75, 3.05) is 5.75 Å². The molecule has 0 spiro atoms. The molecule has 8 heteroatoms. The van der Waals surface area contributed by atoms with E-state index in [1.165, 1.54) is 24.3 Å². The van der Waals surface area contributed by atoms with Crippen molar-refractivity contribution in [2.45, 2.75) is 36.2 Å². The van der Waals surface area contributed by atoms with Crippen LogP contribution in [0.2, 0.25) is 5.02 Å². The molecule has 4 N–H and O–H groups in total. The Balaban J connectivity index is 2.09. The molecule has 1 aliphatic carbocycles. The quantitative estimate of drug-likeness (QED) is 0.771. The van der Waals surface area contributed by atoms with E-state index in [-0.39, 0.29) is 28.6 Å². The second-order valence-corrected chi connectivity index (χ2v) is 8.09. The first-order valence-corrected chi connectivity index (χ1v) is 9.04. The Morgan fingerprint density at radius 2 is 1.95 bits per heavy atom. The third-order valence-corrected chi connectivity index (χ3v) is 6.08. The van der Waals surface area contributed by atoms with Crippen LogP contribution >= 0.6 is 11.6 Å². The first-order chi connectivity index (χ1) is 10.3. The van der Waals surface area contributed by atoms with Crippen LogP contribution in [0.25, 0.3) is 0 Å². The average Bonchev–Trinajstić information content (AvgIpc) is 2.42. The molecule has 0 saturated heterocycles. The molecule has 0 bridgehead atoms. The summed E-state index contributed by atoms with van der Waals surface area (Å²) in [6, 6.07) is 5.52. The van der Waals surface area contributed by atoms with Gasteiger partial charge in [-0.1, -0.05) is 11.6 Å². The number of rotatable bonds is 4. The Labute approximate surface area is 134 Å². The fourth-order valence-corrected chi connectivity index (χ4v) is 4.62. The number of nitrogens with two attached hydrogens (primary N) is 1. The number of hydrogen-bond acceptors (Lipinski definition) is 4. The molecule has 1 saturated carbocycles. The average molecular weight is 347 g/mol. The molecule has 6 nitrogen and oxygen atoms in total. The second-order valence-electron chi connectivity index (χ2n) is 5.62. The molecule has 1 aliphatic rings. The zero-order chi connectivity index (χ0) is 16.3. The number of amides is 1. The zero-order valence-electron chi connectivity index (χ0n) is 11.9. The minimum Gasteiger partial charge on any atom is -0.465 e. The van der Waals surface area contributed by atoms with Crippen molar-refractivity contribution in [3.05, 3.63) is 29.3 Å². The number of carbonyl (C=O) groups is 1. The van der Waals surface area contributed by atoms with Gasteiger partial charge in [-0.3, -0.25) is 0 Å². The molecule has 122 valence electrons. The van der Waals surface area contributed by atoms with E-state index in [9.17, 15) is 13.2 Å². The van der Waals surface area contributed by atoms with Gasteiger partial charge in [0.25, 0.3) is 0 Å². The van der Waals surface area contributed by atoms with Crippen LogP contribution in [0.5, 0.6) is 0 Å². The van der Waals surface area contributed by atoms with E-state index in [1.54, 1.807) is 0 Å². The van der Waals surface area contributed by atoms with Crippen LogP contribution in [0.4, 0.5) is 4.79 Å². The molecule has 0 aliphatic heterocycles. The van der Waals surface area contributed by atoms with Crippen molar-refractivity contribution in [2.24, 2.45) is 11.7 Å². The number of nitrogens with one attached hydrogen (secondary N) is 1. The van der Waals surface area contributed by atoms with Crippen LogP contribution in [-0.4, -0.2) is 37.5 Å². The van der Waals surface area contributed by atoms with E-state index < -0.39 is 15.9 Å². The topological polar surface area (TPSA) is 109 Å². The van der Waals surface area contributed by atoms with Crippen molar-refractivity contribution in [3.8, 4) is 0 Å². The van der Waals surface area contributed by atoms with E-state index in [2.05, 4.69) is 5.32 Å². The van der Waals surface area contributed by atoms with Crippen LogP contribution in [0.3, 0.4) is 0 Å². The van der Waals surface area contributed by atoms with Gasteiger partial charge >= 0.3 is 6.09 Å². The number of hydrogen-bond donors (Lipinski definition) is 3. The van der Waals surface area contributed by atoms with Crippen LogP contribution in [-0.2, 0) is 9.84 Å². The monoisotopic (exact) mass is 346 g/mol. The number of halogens is 1. The Bertz CT molecular complexity index is 633. The van der Waals surface area contributed by atoms with Crippen molar-refractivity contribution < 1.29 is 18.3 Å². The van der Waals surface area contributed by atoms with Gasteiger partial charge in [0.05, 0.1) is 10.6 Å². The minimum absolute atomic E-state index is 0.0897. The Morgan fingerprint density at radius 1 is 1.32 bits per heavy atom. The lowest BCUT2D eigenvalue weighted by molar-refractivity contribution is 0.180. The van der Waals surface area contributed by atoms with Crippen LogP contribution < -0.4 is 11.1 Å². The summed E-state index contributed by atoms with van der Waals surface area (Å²) in [6.45, 7) is 0. The molecule has 22 heavy (non-hydrogen) atoms. The third-order valence-electron chi connectivity index (χ3n) is 3.98. The normalized spacial score (nSPS) is 25.6. The Hall–Kier alpha value is -1.31. The van der Waals surface area contributed by atoms with Crippen molar-refractivity contribution in [1.29, 1.82) is 0 Å². The van der Waals surface area contributed by atoms with Gasteiger partial charge in [0.1, 0.15) is 0 Å². The summed E-state index contributed by atoms with van der Waals surface area (Å²) in [5, 5.41) is 11.7. The molecule has 0 unspecified atom stereocenters. The number of sulfone groups is 1. The van der Waals surface area contributed by atoms with Gasteiger partial charge in [0.15, 0.2) is 9.84 Å². The van der Waals surface area contributed by atoms with Gasteiger partial charge < -0.3 is 16.2 Å². The molecular formula is C14H19ClN2O4S. The second kappa shape index (κ2) is 6.85. The molecule has 2 rings (SSSR count). The van der Waals surface area contributed by atoms with Gasteiger partial charge in [0, 0.05) is 17.1 Å². The lowest BCUT2D eigenvalue weighted by Gasteiger charge is -2.33. The fourth-order valence-electron chi connectivity index (χ4n) is 2.80. The molecule has 1 amide bonds. The van der Waals surface area contributed by atoms with Gasteiger partial charge in [-0.05, 0) is 49.4 Å². The lowest BCUT2D eigenvalue weighted by Crippen LogP contribution is -2.47. The van der Waals surface area contributed by atoms with Crippen molar-refractivity contribution in [3.63, 3.8) is 0 Å². The smallest absolute Gasteiger partial charge is 0.404 e. The fraction of sp³-hybridized carbons (Fsp3) is 0.500. The summed E-state index contributed by atoms with van der Waals surface area (Å²) in [5.74, 6) is -0.362. The number of benzene rings is 1. The van der Waals surface area contributed by atoms with Gasteiger partial charge in [0.2, 0.25) is 0 Å². The molecule has 0 aromatic heterocycles. The maximum absolute atomic E-state index is 12.5. The van der Waals surface area contributed by atoms with Crippen LogP contribution in [0.15, 0.2) is 29.2 Å². The summed E-state index contributed by atoms with van der Waals surface area (Å²) < 4.78 is 24.9. The highest BCUT2D eigenvalue weighted by Gasteiger charge is 2.32. The lowest BCUT2D eigenvalue weighted by atomic mass is 9.83. The predicted octanol–water partition coefficient (Wildman–Crippen LogP) is 1.88. The van der Waals surface area contributed by atoms with E-state index in [0.29, 0.717) is 24.3 Å². The highest BCUT2D eigenvalue weighted by Crippen LogP contribution is 2.27. The maximum Gasteiger partial charge on any atom is 0.404 e. The summed E-state index contributed by atoms with van der Waals surface area (Å²) in [4.78, 5) is 10.9. The van der Waals surface area contributed by atoms with Crippen LogP contribution in [0.1, 0.15) is 19.3 Å². The summed E-state index contributed by atoms with van der Waals surface area (Å²) in [6.07, 6.45) is 0.566. The van der Waals surface area contributed by atoms with E-state index in [1.807, 2.05) is 0 Å². The highest BCUT2D eigenvalue weighted by molar-refractivity contribution is 7.91. The Kier molecular flexibility index (Phi) is 5.31. The Morgan fingerprint density at radius 3 is 2.55 bits per heavy atom. The molecule has 0 heterocycles. The molecule has 1 aromatic carbocycles. The van der Waals surface area contributed by atoms with E-state index in [0.717, 1.165) is 0 Å². The molecular weight excluding hydrogens is 328 g/mol. The van der Waals surface area contributed by atoms with Gasteiger partial charge in [-0.25, -0.2) is 13.2 Å². The standard InChI is InChI=1S/C14H19ClN2O4S/c15-10-1-4-12(5-2-10)22(20,21)8-9-7-11(17-14(18)19)3-6-13(9)16/h1-2,4-5,9,11,13,17H,3,6-8,16H2,(H,18,19)/t9-,11+,13-/m0/s1. The highest BCUT2D eigenvalue weighted by atomic mass is 35.5. The molecule has 3 atom stereocenters. The first kappa shape index (κ1) is 17.1. The number of carboxylic acid groups (broad SMARTS) is 1. The predicted molar refractivity (Wildman–Crippen MR) is 83.8 cm³/mol. The van der Waals surface area contributed by atoms with E-state index in [4.69, 9.17) is 22.4 Å². The summed E-state index contributed by atoms with van der Waals surface area (Å²) >= 11 is 5.77. The SMILES string of the molecule is N[C@H]1CC[C@@H](NC(=O)O)C[C@H]1CS(=O)(=O)c1ccc(Cl)cc1. The van der Waals surface area contributed by atoms with Crippen LogP contribution in [0, 0.1) is 5.92 Å². The minimum atomic E-state index is -3.48. The van der Waals surface area contributed by atoms with Crippen molar-refractivity contribution in [1.82, 2.24) is 5.32 Å². The van der Waals surface area contributed by atoms with Gasteiger partial charge in [-0.2, -0.15) is 0 Å². The third kappa shape index (κ3) is 4.34. The molecule has 1 fully saturated rings.